The van der Waals surface area contributed by atoms with Gasteiger partial charge in [-0.1, -0.05) is 152 Å². The van der Waals surface area contributed by atoms with Crippen LogP contribution in [0, 0.1) is 0 Å². The quantitative estimate of drug-likeness (QED) is 0.174. The minimum absolute atomic E-state index is 0.892. The van der Waals surface area contributed by atoms with E-state index in [4.69, 9.17) is 4.42 Å². The molecule has 1 nitrogen and oxygen atoms in total. The molecular weight excluding hydrogens is 673 g/mol. The SMILES string of the molecule is c1ccc(-c2cc(-c3ccccc3)cc(-c3c4ccccc4c(-c4ccc5sc6cc(-c7ccccc7)ccc6c5c4)c4c3oc3ccccc34)c2)cc1. The Hall–Kier alpha value is -6.74. The van der Waals surface area contributed by atoms with Crippen LogP contribution in [0.1, 0.15) is 0 Å². The van der Waals surface area contributed by atoms with Gasteiger partial charge in [0.15, 0.2) is 0 Å². The van der Waals surface area contributed by atoms with E-state index in [0.29, 0.717) is 0 Å². The zero-order chi connectivity index (χ0) is 35.6. The van der Waals surface area contributed by atoms with Crippen LogP contribution in [0.25, 0.3) is 109 Å². The van der Waals surface area contributed by atoms with Gasteiger partial charge in [0.25, 0.3) is 0 Å². The van der Waals surface area contributed by atoms with Crippen LogP contribution < -0.4 is 0 Å². The highest BCUT2D eigenvalue weighted by molar-refractivity contribution is 7.25. The zero-order valence-corrected chi connectivity index (χ0v) is 30.1. The topological polar surface area (TPSA) is 13.1 Å². The van der Waals surface area contributed by atoms with Gasteiger partial charge in [-0.15, -0.1) is 11.3 Å². The van der Waals surface area contributed by atoms with Crippen molar-refractivity contribution < 1.29 is 4.42 Å². The highest BCUT2D eigenvalue weighted by atomic mass is 32.1. The Balaban J connectivity index is 1.20. The van der Waals surface area contributed by atoms with Gasteiger partial charge in [0.2, 0.25) is 0 Å². The normalized spacial score (nSPS) is 11.7. The summed E-state index contributed by atoms with van der Waals surface area (Å²) in [4.78, 5) is 0. The Morgan fingerprint density at radius 3 is 1.50 bits per heavy atom. The summed E-state index contributed by atoms with van der Waals surface area (Å²) in [5.74, 6) is 0. The Morgan fingerprint density at radius 1 is 0.296 bits per heavy atom. The molecule has 2 heterocycles. The van der Waals surface area contributed by atoms with E-state index in [0.717, 1.165) is 33.1 Å². The van der Waals surface area contributed by atoms with Crippen molar-refractivity contribution in [1.29, 1.82) is 0 Å². The van der Waals surface area contributed by atoms with Crippen molar-refractivity contribution in [2.45, 2.75) is 0 Å². The Bertz CT molecular complexity index is 3130. The fourth-order valence-corrected chi connectivity index (χ4v) is 9.47. The summed E-state index contributed by atoms with van der Waals surface area (Å²) >= 11 is 1.87. The van der Waals surface area contributed by atoms with E-state index in [1.165, 1.54) is 75.5 Å². The van der Waals surface area contributed by atoms with Crippen LogP contribution in [0.15, 0.2) is 199 Å². The second-order valence-corrected chi connectivity index (χ2v) is 15.1. The molecule has 0 atom stereocenters. The van der Waals surface area contributed by atoms with Crippen molar-refractivity contribution in [3.8, 4) is 55.6 Å². The minimum Gasteiger partial charge on any atom is -0.455 e. The molecule has 54 heavy (non-hydrogen) atoms. The number of benzene rings is 9. The summed E-state index contributed by atoms with van der Waals surface area (Å²) in [6.07, 6.45) is 0. The molecule has 0 aliphatic carbocycles. The fourth-order valence-electron chi connectivity index (χ4n) is 8.34. The van der Waals surface area contributed by atoms with Crippen LogP contribution in [0.5, 0.6) is 0 Å². The standard InChI is InChI=1S/C52H32OS/c1-4-14-33(15-5-1)36-24-26-41-45-31-37(25-27-47(45)54-48(41)32-36)49-42-20-10-11-21-43(42)50(52-51(49)44-22-12-13-23-46(44)53-52)40-29-38(34-16-6-2-7-17-34)28-39(30-40)35-18-8-3-9-19-35/h1-32H. The summed E-state index contributed by atoms with van der Waals surface area (Å²) in [6.45, 7) is 0. The number of furan rings is 1. The van der Waals surface area contributed by atoms with E-state index in [-0.39, 0.29) is 0 Å². The molecule has 0 bridgehead atoms. The number of fused-ring (bicyclic) bond motifs is 7. The molecule has 0 amide bonds. The number of para-hydroxylation sites is 1. The molecule has 0 saturated heterocycles. The molecule has 11 rings (SSSR count). The van der Waals surface area contributed by atoms with E-state index < -0.39 is 0 Å². The van der Waals surface area contributed by atoms with Crippen LogP contribution in [0.2, 0.25) is 0 Å². The number of hydrogen-bond donors (Lipinski definition) is 0. The van der Waals surface area contributed by atoms with E-state index in [2.05, 4.69) is 194 Å². The highest BCUT2D eigenvalue weighted by Crippen LogP contribution is 2.49. The van der Waals surface area contributed by atoms with Gasteiger partial charge in [0.05, 0.1) is 0 Å². The summed E-state index contributed by atoms with van der Waals surface area (Å²) in [5, 5.41) is 7.23. The minimum atomic E-state index is 0.892. The van der Waals surface area contributed by atoms with Gasteiger partial charge in [0, 0.05) is 42.1 Å². The second kappa shape index (κ2) is 12.4. The van der Waals surface area contributed by atoms with Crippen LogP contribution in [-0.4, -0.2) is 0 Å². The van der Waals surface area contributed by atoms with Crippen molar-refractivity contribution in [3.63, 3.8) is 0 Å². The molecule has 0 unspecified atom stereocenters. The molecule has 0 spiro atoms. The van der Waals surface area contributed by atoms with E-state index in [9.17, 15) is 0 Å². The van der Waals surface area contributed by atoms with Gasteiger partial charge in [0.1, 0.15) is 11.2 Å². The van der Waals surface area contributed by atoms with E-state index in [1.54, 1.807) is 0 Å². The lowest BCUT2D eigenvalue weighted by atomic mass is 9.86. The Morgan fingerprint density at radius 2 is 0.833 bits per heavy atom. The Kier molecular flexibility index (Phi) is 7.11. The smallest absolute Gasteiger partial charge is 0.144 e. The number of thiophene rings is 1. The summed E-state index contributed by atoms with van der Waals surface area (Å²) in [6, 6.07) is 70.3. The van der Waals surface area contributed by atoms with E-state index >= 15 is 0 Å². The first kappa shape index (κ1) is 30.8. The largest absolute Gasteiger partial charge is 0.455 e. The molecule has 11 aromatic rings. The third-order valence-electron chi connectivity index (χ3n) is 10.8. The molecule has 0 aliphatic rings. The second-order valence-electron chi connectivity index (χ2n) is 14.0. The first-order chi connectivity index (χ1) is 26.8. The number of hydrogen-bond acceptors (Lipinski definition) is 2. The van der Waals surface area contributed by atoms with Gasteiger partial charge >= 0.3 is 0 Å². The van der Waals surface area contributed by atoms with Gasteiger partial charge in [-0.3, -0.25) is 0 Å². The molecule has 252 valence electrons. The van der Waals surface area contributed by atoms with Gasteiger partial charge in [-0.25, -0.2) is 0 Å². The maximum Gasteiger partial charge on any atom is 0.144 e. The van der Waals surface area contributed by atoms with Crippen LogP contribution >= 0.6 is 11.3 Å². The molecule has 9 aromatic carbocycles. The molecule has 0 fully saturated rings. The third-order valence-corrected chi connectivity index (χ3v) is 12.0. The van der Waals surface area contributed by atoms with Crippen LogP contribution in [0.4, 0.5) is 0 Å². The highest BCUT2D eigenvalue weighted by Gasteiger charge is 2.23. The van der Waals surface area contributed by atoms with E-state index in [1.807, 2.05) is 11.3 Å². The molecule has 2 heteroatoms. The van der Waals surface area contributed by atoms with Gasteiger partial charge in [-0.05, 0) is 97.7 Å². The maximum absolute atomic E-state index is 7.00. The number of rotatable bonds is 5. The van der Waals surface area contributed by atoms with Crippen molar-refractivity contribution in [3.05, 3.63) is 194 Å². The van der Waals surface area contributed by atoms with Crippen molar-refractivity contribution >= 4 is 64.2 Å². The van der Waals surface area contributed by atoms with Crippen molar-refractivity contribution in [2.24, 2.45) is 0 Å². The first-order valence-corrected chi connectivity index (χ1v) is 19.2. The van der Waals surface area contributed by atoms with Gasteiger partial charge < -0.3 is 4.42 Å². The van der Waals surface area contributed by atoms with Crippen LogP contribution in [0.3, 0.4) is 0 Å². The average molecular weight is 705 g/mol. The molecule has 2 aromatic heterocycles. The molecule has 0 aliphatic heterocycles. The monoisotopic (exact) mass is 704 g/mol. The summed E-state index contributed by atoms with van der Waals surface area (Å²) in [5.41, 5.74) is 13.7. The third kappa shape index (κ3) is 4.99. The first-order valence-electron chi connectivity index (χ1n) is 18.4. The molecule has 0 radical (unpaired) electrons. The summed E-state index contributed by atoms with van der Waals surface area (Å²) in [7, 11) is 0. The van der Waals surface area contributed by atoms with Crippen molar-refractivity contribution in [2.75, 3.05) is 0 Å². The lowest BCUT2D eigenvalue weighted by Crippen LogP contribution is -1.91. The predicted molar refractivity (Wildman–Crippen MR) is 231 cm³/mol. The van der Waals surface area contributed by atoms with Crippen molar-refractivity contribution in [1.82, 2.24) is 0 Å². The van der Waals surface area contributed by atoms with Gasteiger partial charge in [-0.2, -0.15) is 0 Å². The fraction of sp³-hybridized carbons (Fsp3) is 0. The average Bonchev–Trinajstić information content (AvgIpc) is 3.81. The lowest BCUT2D eigenvalue weighted by molar-refractivity contribution is 0.670. The Labute approximate surface area is 317 Å². The molecular formula is C52H32OS. The molecule has 0 saturated carbocycles. The predicted octanol–water partition coefficient (Wildman–Crippen LogP) is 15.4. The summed E-state index contributed by atoms with van der Waals surface area (Å²) < 4.78 is 9.59. The maximum atomic E-state index is 7.00. The van der Waals surface area contributed by atoms with Crippen LogP contribution in [-0.2, 0) is 0 Å². The zero-order valence-electron chi connectivity index (χ0n) is 29.3. The lowest BCUT2D eigenvalue weighted by Gasteiger charge is -2.17. The molecule has 0 N–H and O–H groups in total.